The molecule has 0 radical (unpaired) electrons. The highest BCUT2D eigenvalue weighted by Crippen LogP contribution is 2.47. The van der Waals surface area contributed by atoms with Gasteiger partial charge in [0, 0.05) is 17.0 Å². The van der Waals surface area contributed by atoms with Crippen LogP contribution in [0.5, 0.6) is 0 Å². The van der Waals surface area contributed by atoms with E-state index >= 15 is 0 Å². The molecule has 0 saturated heterocycles. The van der Waals surface area contributed by atoms with Crippen molar-refractivity contribution in [3.8, 4) is 22.3 Å². The van der Waals surface area contributed by atoms with Gasteiger partial charge in [-0.15, -0.1) is 5.11 Å². The molecule has 2 aromatic carbocycles. The predicted octanol–water partition coefficient (Wildman–Crippen LogP) is 10.2. The molecule has 1 heterocycles. The molecule has 2 aliphatic rings. The van der Waals surface area contributed by atoms with Gasteiger partial charge in [0.15, 0.2) is 0 Å². The van der Waals surface area contributed by atoms with Gasteiger partial charge < -0.3 is 0 Å². The third kappa shape index (κ3) is 5.36. The van der Waals surface area contributed by atoms with Gasteiger partial charge in [0.25, 0.3) is 0 Å². The summed E-state index contributed by atoms with van der Waals surface area (Å²) in [5, 5.41) is 17.9. The second kappa shape index (κ2) is 10.2. The lowest BCUT2D eigenvalue weighted by molar-refractivity contribution is 1.12. The summed E-state index contributed by atoms with van der Waals surface area (Å²) in [6, 6.07) is 28.2. The first kappa shape index (κ1) is 24.2. The fourth-order valence-corrected chi connectivity index (χ4v) is 4.83. The Morgan fingerprint density at radius 2 is 1.03 bits per heavy atom. The average molecular weight is 484 g/mol. The molecule has 182 valence electrons. The maximum absolute atomic E-state index is 4.73. The standard InChI is InChI=1S/C32H29N5/c1-20-15-21(2)31-29(25-17-23(4)33-24(5)18-25)19-30(32(31)22(3)16-20)37-36-28-13-11-27(12-14-28)35-34-26-9-7-6-8-10-26/h6-19H,1-5H3. The lowest BCUT2D eigenvalue weighted by Gasteiger charge is -2.08. The SMILES string of the molecule is Cc1cc(C)c2c(N=Nc3ccc(N=Nc4ccccc4)cc3)cc(-c3cc(C)nc(C)c3)c-2c(C)c1. The highest BCUT2D eigenvalue weighted by Gasteiger charge is 2.21. The number of aromatic nitrogens is 1. The molecule has 3 aromatic rings. The van der Waals surface area contributed by atoms with Gasteiger partial charge >= 0.3 is 0 Å². The van der Waals surface area contributed by atoms with E-state index in [4.69, 9.17) is 5.11 Å². The molecule has 0 atom stereocenters. The summed E-state index contributed by atoms with van der Waals surface area (Å²) in [5.74, 6) is 0. The van der Waals surface area contributed by atoms with Crippen molar-refractivity contribution in [1.82, 2.24) is 4.98 Å². The van der Waals surface area contributed by atoms with E-state index in [1.54, 1.807) is 0 Å². The normalized spacial score (nSPS) is 11.7. The van der Waals surface area contributed by atoms with Crippen LogP contribution < -0.4 is 0 Å². The molecule has 0 N–H and O–H groups in total. The van der Waals surface area contributed by atoms with Crippen LogP contribution >= 0.6 is 0 Å². The third-order valence-electron chi connectivity index (χ3n) is 6.29. The molecule has 1 aromatic heterocycles. The molecule has 5 rings (SSSR count). The Labute approximate surface area is 218 Å². The number of pyridine rings is 1. The van der Waals surface area contributed by atoms with E-state index in [1.807, 2.05) is 68.4 Å². The van der Waals surface area contributed by atoms with E-state index < -0.39 is 0 Å². The van der Waals surface area contributed by atoms with Gasteiger partial charge in [0.1, 0.15) is 0 Å². The molecule has 37 heavy (non-hydrogen) atoms. The van der Waals surface area contributed by atoms with Crippen molar-refractivity contribution < 1.29 is 0 Å². The minimum Gasteiger partial charge on any atom is -0.258 e. The molecule has 0 saturated carbocycles. The highest BCUT2D eigenvalue weighted by molar-refractivity contribution is 5.97. The number of fused-ring (bicyclic) bond motifs is 1. The summed E-state index contributed by atoms with van der Waals surface area (Å²) in [6.07, 6.45) is 0. The Bertz CT molecular complexity index is 1580. The monoisotopic (exact) mass is 483 g/mol. The fraction of sp³-hybridized carbons (Fsp3) is 0.156. The maximum atomic E-state index is 4.73. The summed E-state index contributed by atoms with van der Waals surface area (Å²) < 4.78 is 0. The maximum Gasteiger partial charge on any atom is 0.0944 e. The van der Waals surface area contributed by atoms with Crippen molar-refractivity contribution in [2.75, 3.05) is 0 Å². The molecular formula is C32H29N5. The van der Waals surface area contributed by atoms with Crippen LogP contribution in [0, 0.1) is 34.6 Å². The van der Waals surface area contributed by atoms with Crippen molar-refractivity contribution >= 4 is 22.7 Å². The van der Waals surface area contributed by atoms with E-state index in [2.05, 4.69) is 71.4 Å². The van der Waals surface area contributed by atoms with Crippen LogP contribution in [0.25, 0.3) is 22.3 Å². The van der Waals surface area contributed by atoms with Gasteiger partial charge in [-0.1, -0.05) is 35.9 Å². The Kier molecular flexibility index (Phi) is 6.69. The van der Waals surface area contributed by atoms with Gasteiger partial charge in [-0.2, -0.15) is 15.3 Å². The largest absolute Gasteiger partial charge is 0.258 e. The van der Waals surface area contributed by atoms with Gasteiger partial charge in [0.05, 0.1) is 22.7 Å². The number of nitrogens with zero attached hydrogens (tertiary/aromatic N) is 5. The minimum atomic E-state index is 0.760. The predicted molar refractivity (Wildman–Crippen MR) is 151 cm³/mol. The van der Waals surface area contributed by atoms with Crippen molar-refractivity contribution in [1.29, 1.82) is 0 Å². The molecule has 0 unspecified atom stereocenters. The second-order valence-electron chi connectivity index (χ2n) is 9.48. The Hall–Kier alpha value is -4.51. The first-order valence-corrected chi connectivity index (χ1v) is 12.4. The fourth-order valence-electron chi connectivity index (χ4n) is 4.83. The van der Waals surface area contributed by atoms with Gasteiger partial charge in [-0.05, 0) is 117 Å². The van der Waals surface area contributed by atoms with Crippen molar-refractivity contribution in [2.24, 2.45) is 20.5 Å². The average Bonchev–Trinajstić information content (AvgIpc) is 3.22. The van der Waals surface area contributed by atoms with Crippen LogP contribution in [0.4, 0.5) is 22.7 Å². The van der Waals surface area contributed by atoms with Crippen LogP contribution in [0.2, 0.25) is 0 Å². The quantitative estimate of drug-likeness (QED) is 0.229. The highest BCUT2D eigenvalue weighted by atomic mass is 15.1. The first-order chi connectivity index (χ1) is 17.9. The summed E-state index contributed by atoms with van der Waals surface area (Å²) in [7, 11) is 0. The molecule has 5 nitrogen and oxygen atoms in total. The van der Waals surface area contributed by atoms with Crippen molar-refractivity contribution in [3.63, 3.8) is 0 Å². The van der Waals surface area contributed by atoms with E-state index in [0.717, 1.165) is 50.8 Å². The van der Waals surface area contributed by atoms with Crippen LogP contribution in [0.1, 0.15) is 28.1 Å². The Morgan fingerprint density at radius 3 is 1.62 bits per heavy atom. The molecule has 2 aliphatic carbocycles. The van der Waals surface area contributed by atoms with E-state index in [9.17, 15) is 0 Å². The molecule has 0 bridgehead atoms. The molecule has 0 fully saturated rings. The number of benzene rings is 2. The molecule has 5 heteroatoms. The smallest absolute Gasteiger partial charge is 0.0944 e. The molecule has 0 spiro atoms. The zero-order valence-electron chi connectivity index (χ0n) is 21.8. The van der Waals surface area contributed by atoms with Crippen molar-refractivity contribution in [3.05, 3.63) is 113 Å². The number of hydrogen-bond acceptors (Lipinski definition) is 5. The number of aryl methyl sites for hydroxylation is 5. The summed E-state index contributed by atoms with van der Waals surface area (Å²) in [6.45, 7) is 10.5. The molecule has 0 aliphatic heterocycles. The van der Waals surface area contributed by atoms with Crippen LogP contribution in [0.15, 0.2) is 105 Å². The lowest BCUT2D eigenvalue weighted by atomic mass is 9.97. The Balaban J connectivity index is 1.53. The van der Waals surface area contributed by atoms with E-state index in [0.29, 0.717) is 0 Å². The summed E-state index contributed by atoms with van der Waals surface area (Å²) >= 11 is 0. The zero-order chi connectivity index (χ0) is 25.9. The minimum absolute atomic E-state index is 0.760. The van der Waals surface area contributed by atoms with Crippen LogP contribution in [-0.2, 0) is 0 Å². The van der Waals surface area contributed by atoms with Crippen LogP contribution in [-0.4, -0.2) is 4.98 Å². The summed E-state index contributed by atoms with van der Waals surface area (Å²) in [5.41, 5.74) is 13.5. The Morgan fingerprint density at radius 1 is 0.514 bits per heavy atom. The third-order valence-corrected chi connectivity index (χ3v) is 6.29. The van der Waals surface area contributed by atoms with Gasteiger partial charge in [-0.3, -0.25) is 4.98 Å². The van der Waals surface area contributed by atoms with Gasteiger partial charge in [0.2, 0.25) is 0 Å². The summed E-state index contributed by atoms with van der Waals surface area (Å²) in [4.78, 5) is 4.57. The molecule has 0 amide bonds. The molecular weight excluding hydrogens is 454 g/mol. The second-order valence-corrected chi connectivity index (χ2v) is 9.48. The topological polar surface area (TPSA) is 62.3 Å². The number of rotatable bonds is 5. The number of hydrogen-bond donors (Lipinski definition) is 0. The van der Waals surface area contributed by atoms with E-state index in [1.165, 1.54) is 22.3 Å². The zero-order valence-corrected chi connectivity index (χ0v) is 21.8. The van der Waals surface area contributed by atoms with Gasteiger partial charge in [-0.25, -0.2) is 0 Å². The first-order valence-electron chi connectivity index (χ1n) is 12.4. The van der Waals surface area contributed by atoms with Crippen molar-refractivity contribution in [2.45, 2.75) is 34.6 Å². The number of azo groups is 2. The van der Waals surface area contributed by atoms with E-state index in [-0.39, 0.29) is 0 Å². The van der Waals surface area contributed by atoms with Crippen LogP contribution in [0.3, 0.4) is 0 Å². The lowest BCUT2D eigenvalue weighted by Crippen LogP contribution is -1.89.